The van der Waals surface area contributed by atoms with Crippen molar-refractivity contribution in [2.75, 3.05) is 7.11 Å². The molecular formula is C23H20ClFN2O3. The van der Waals surface area contributed by atoms with Gasteiger partial charge in [0.05, 0.1) is 17.7 Å². The zero-order valence-corrected chi connectivity index (χ0v) is 17.3. The molecule has 3 rings (SSSR count). The quantitative estimate of drug-likeness (QED) is 0.571. The van der Waals surface area contributed by atoms with Crippen LogP contribution in [0.3, 0.4) is 0 Å². The summed E-state index contributed by atoms with van der Waals surface area (Å²) >= 11 is 6.33. The highest BCUT2D eigenvalue weighted by Gasteiger charge is 2.15. The number of carbonyl (C=O) groups is 2. The first-order valence-corrected chi connectivity index (χ1v) is 9.60. The summed E-state index contributed by atoms with van der Waals surface area (Å²) in [6.45, 7) is 1.65. The molecule has 1 aromatic heterocycles. The number of halogens is 2. The van der Waals surface area contributed by atoms with Crippen LogP contribution in [0.25, 0.3) is 0 Å². The lowest BCUT2D eigenvalue weighted by Gasteiger charge is -2.10. The van der Waals surface area contributed by atoms with Crippen molar-refractivity contribution in [1.82, 2.24) is 4.98 Å². The van der Waals surface area contributed by atoms with E-state index in [2.05, 4.69) is 4.98 Å². The average Bonchev–Trinajstić information content (AvgIpc) is 2.74. The van der Waals surface area contributed by atoms with E-state index in [1.807, 2.05) is 0 Å². The van der Waals surface area contributed by atoms with Gasteiger partial charge in [-0.2, -0.15) is 0 Å². The minimum Gasteiger partial charge on any atom is -0.497 e. The predicted molar refractivity (Wildman–Crippen MR) is 113 cm³/mol. The molecule has 2 N–H and O–H groups in total. The molecule has 2 aromatic carbocycles. The fourth-order valence-corrected chi connectivity index (χ4v) is 3.33. The van der Waals surface area contributed by atoms with E-state index in [1.54, 1.807) is 50.4 Å². The van der Waals surface area contributed by atoms with Gasteiger partial charge in [-0.25, -0.2) is 4.39 Å². The second-order valence-electron chi connectivity index (χ2n) is 6.82. The van der Waals surface area contributed by atoms with E-state index in [9.17, 15) is 14.0 Å². The summed E-state index contributed by atoms with van der Waals surface area (Å²) in [7, 11) is 1.55. The maximum atomic E-state index is 14.1. The van der Waals surface area contributed by atoms with Crippen LogP contribution in [0.4, 0.5) is 4.39 Å². The van der Waals surface area contributed by atoms with E-state index in [0.717, 1.165) is 6.07 Å². The van der Waals surface area contributed by atoms with Crippen LogP contribution in [0.2, 0.25) is 5.02 Å². The van der Waals surface area contributed by atoms with Crippen LogP contribution in [-0.2, 0) is 12.8 Å². The first kappa shape index (κ1) is 21.5. The predicted octanol–water partition coefficient (Wildman–Crippen LogP) is 4.31. The highest BCUT2D eigenvalue weighted by atomic mass is 35.5. The van der Waals surface area contributed by atoms with Crippen LogP contribution < -0.4 is 10.5 Å². The summed E-state index contributed by atoms with van der Waals surface area (Å²) in [6, 6.07) is 11.1. The van der Waals surface area contributed by atoms with Gasteiger partial charge in [-0.1, -0.05) is 11.6 Å². The van der Waals surface area contributed by atoms with E-state index in [1.165, 1.54) is 6.20 Å². The lowest BCUT2D eigenvalue weighted by molar-refractivity contribution is 0.0998. The number of ether oxygens (including phenoxy) is 1. The van der Waals surface area contributed by atoms with Gasteiger partial charge < -0.3 is 10.5 Å². The Morgan fingerprint density at radius 3 is 2.40 bits per heavy atom. The third kappa shape index (κ3) is 4.66. The summed E-state index contributed by atoms with van der Waals surface area (Å²) in [5.41, 5.74) is 7.93. The Labute approximate surface area is 178 Å². The van der Waals surface area contributed by atoms with E-state index < -0.39 is 11.7 Å². The number of methoxy groups -OCH3 is 1. The minimum absolute atomic E-state index is 0.125. The monoisotopic (exact) mass is 426 g/mol. The Morgan fingerprint density at radius 2 is 1.80 bits per heavy atom. The molecule has 0 unspecified atom stereocenters. The van der Waals surface area contributed by atoms with Crippen LogP contribution in [0.1, 0.15) is 43.1 Å². The molecule has 0 atom stereocenters. The first-order valence-electron chi connectivity index (χ1n) is 9.22. The molecule has 0 radical (unpaired) electrons. The standard InChI is InChI=1S/C23H20ClFN2O3/c1-13-15(9-16(23(26)29)10-21(13)25)3-6-17-11-20(24)19(12-27-17)22(28)14-4-7-18(30-2)8-5-14/h4-5,7-12H,3,6H2,1-2H3,(H2,26,29). The third-order valence-electron chi connectivity index (χ3n) is 4.89. The van der Waals surface area contributed by atoms with Crippen molar-refractivity contribution in [1.29, 1.82) is 0 Å². The number of primary amides is 1. The zero-order valence-electron chi connectivity index (χ0n) is 16.5. The third-order valence-corrected chi connectivity index (χ3v) is 5.21. The molecule has 0 spiro atoms. The van der Waals surface area contributed by atoms with Gasteiger partial charge in [0.1, 0.15) is 11.6 Å². The van der Waals surface area contributed by atoms with Crippen molar-refractivity contribution in [3.63, 3.8) is 0 Å². The number of nitrogens with two attached hydrogens (primary N) is 1. The SMILES string of the molecule is COc1ccc(C(=O)c2cnc(CCc3cc(C(N)=O)cc(F)c3C)cc2Cl)cc1. The fraction of sp³-hybridized carbons (Fsp3) is 0.174. The molecule has 0 aliphatic carbocycles. The van der Waals surface area contributed by atoms with Crippen LogP contribution in [0.5, 0.6) is 5.75 Å². The second kappa shape index (κ2) is 9.05. The highest BCUT2D eigenvalue weighted by molar-refractivity contribution is 6.35. The molecule has 0 bridgehead atoms. The zero-order chi connectivity index (χ0) is 21.8. The number of rotatable bonds is 7. The maximum absolute atomic E-state index is 14.1. The Morgan fingerprint density at radius 1 is 1.10 bits per heavy atom. The van der Waals surface area contributed by atoms with Crippen molar-refractivity contribution in [2.24, 2.45) is 5.73 Å². The van der Waals surface area contributed by atoms with Gasteiger partial charge in [-0.15, -0.1) is 0 Å². The lowest BCUT2D eigenvalue weighted by Crippen LogP contribution is -2.13. The molecule has 154 valence electrons. The molecule has 0 aliphatic heterocycles. The van der Waals surface area contributed by atoms with Crippen LogP contribution in [0, 0.1) is 12.7 Å². The molecule has 7 heteroatoms. The molecule has 1 amide bonds. The number of nitrogens with zero attached hydrogens (tertiary/aromatic N) is 1. The number of aryl methyl sites for hydroxylation is 2. The number of hydrogen-bond acceptors (Lipinski definition) is 4. The van der Waals surface area contributed by atoms with E-state index in [4.69, 9.17) is 22.1 Å². The minimum atomic E-state index is -0.683. The van der Waals surface area contributed by atoms with E-state index >= 15 is 0 Å². The number of hydrogen-bond donors (Lipinski definition) is 1. The summed E-state index contributed by atoms with van der Waals surface area (Å²) in [5.74, 6) is -0.752. The number of pyridine rings is 1. The van der Waals surface area contributed by atoms with Gasteiger partial charge in [0, 0.05) is 23.0 Å². The second-order valence-corrected chi connectivity index (χ2v) is 7.23. The molecule has 30 heavy (non-hydrogen) atoms. The van der Waals surface area contributed by atoms with Crippen molar-refractivity contribution in [3.05, 3.63) is 93.0 Å². The smallest absolute Gasteiger partial charge is 0.248 e. The van der Waals surface area contributed by atoms with Crippen LogP contribution in [-0.4, -0.2) is 23.8 Å². The Bertz CT molecular complexity index is 1110. The summed E-state index contributed by atoms with van der Waals surface area (Å²) in [4.78, 5) is 28.4. The largest absolute Gasteiger partial charge is 0.497 e. The Balaban J connectivity index is 1.77. The van der Waals surface area contributed by atoms with Gasteiger partial charge in [-0.3, -0.25) is 14.6 Å². The molecule has 0 aliphatic rings. The van der Waals surface area contributed by atoms with Crippen LogP contribution in [0.15, 0.2) is 48.7 Å². The molecule has 0 fully saturated rings. The van der Waals surface area contributed by atoms with Gasteiger partial charge in [-0.05, 0) is 73.4 Å². The van der Waals surface area contributed by atoms with Gasteiger partial charge >= 0.3 is 0 Å². The summed E-state index contributed by atoms with van der Waals surface area (Å²) in [6.07, 6.45) is 2.34. The first-order chi connectivity index (χ1) is 14.3. The normalized spacial score (nSPS) is 10.7. The number of amides is 1. The summed E-state index contributed by atoms with van der Waals surface area (Å²) in [5, 5.41) is 0.287. The van der Waals surface area contributed by atoms with Crippen molar-refractivity contribution < 1.29 is 18.7 Å². The fourth-order valence-electron chi connectivity index (χ4n) is 3.07. The number of aromatic nitrogens is 1. The topological polar surface area (TPSA) is 82.3 Å². The number of benzene rings is 2. The summed E-state index contributed by atoms with van der Waals surface area (Å²) < 4.78 is 19.1. The van der Waals surface area contributed by atoms with Crippen molar-refractivity contribution in [3.8, 4) is 5.75 Å². The Hall–Kier alpha value is -3.25. The number of carbonyl (C=O) groups excluding carboxylic acids is 2. The van der Waals surface area contributed by atoms with Crippen LogP contribution >= 0.6 is 11.6 Å². The van der Waals surface area contributed by atoms with Gasteiger partial charge in [0.2, 0.25) is 5.91 Å². The van der Waals surface area contributed by atoms with Crippen molar-refractivity contribution in [2.45, 2.75) is 19.8 Å². The lowest BCUT2D eigenvalue weighted by atomic mass is 9.98. The Kier molecular flexibility index (Phi) is 6.47. The molecule has 1 heterocycles. The number of ketones is 1. The molecule has 3 aromatic rings. The van der Waals surface area contributed by atoms with Gasteiger partial charge in [0.15, 0.2) is 5.78 Å². The van der Waals surface area contributed by atoms with Gasteiger partial charge in [0.25, 0.3) is 0 Å². The average molecular weight is 427 g/mol. The molecule has 5 nitrogen and oxygen atoms in total. The van der Waals surface area contributed by atoms with Crippen molar-refractivity contribution >= 4 is 23.3 Å². The molecular weight excluding hydrogens is 407 g/mol. The maximum Gasteiger partial charge on any atom is 0.248 e. The molecule has 0 saturated carbocycles. The van der Waals surface area contributed by atoms with E-state index in [-0.39, 0.29) is 16.4 Å². The van der Waals surface area contributed by atoms with E-state index in [0.29, 0.717) is 46.5 Å². The molecule has 0 saturated heterocycles. The highest BCUT2D eigenvalue weighted by Crippen LogP contribution is 2.23.